The molecule has 1 unspecified atom stereocenters. The highest BCUT2D eigenvalue weighted by Gasteiger charge is 2.41. The smallest absolute Gasteiger partial charge is 0.225 e. The van der Waals surface area contributed by atoms with Crippen LogP contribution >= 0.6 is 11.8 Å². The molecular weight excluding hydrogens is 454 g/mol. The fourth-order valence-corrected chi connectivity index (χ4v) is 6.97. The first kappa shape index (κ1) is 24.2. The molecule has 2 aromatic carbocycles. The van der Waals surface area contributed by atoms with Gasteiger partial charge in [0.25, 0.3) is 0 Å². The van der Waals surface area contributed by atoms with E-state index in [1.807, 2.05) is 71.3 Å². The number of benzene rings is 2. The van der Waals surface area contributed by atoms with Crippen molar-refractivity contribution in [2.75, 3.05) is 10.7 Å². The molecule has 3 aliphatic rings. The molecule has 2 aliphatic carbocycles. The number of carbonyl (C=O) groups is 1. The van der Waals surface area contributed by atoms with Gasteiger partial charge in [0, 0.05) is 24.4 Å². The van der Waals surface area contributed by atoms with Gasteiger partial charge in [-0.05, 0) is 62.1 Å². The fraction of sp³-hybridized carbons (Fsp3) is 0.517. The number of amidine groups is 1. The van der Waals surface area contributed by atoms with E-state index in [4.69, 9.17) is 9.73 Å². The molecule has 2 aromatic rings. The van der Waals surface area contributed by atoms with Gasteiger partial charge < -0.3 is 9.64 Å². The van der Waals surface area contributed by atoms with Crippen LogP contribution in [-0.4, -0.2) is 40.0 Å². The van der Waals surface area contributed by atoms with E-state index in [2.05, 4.69) is 4.90 Å². The normalized spacial score (nSPS) is 22.9. The summed E-state index contributed by atoms with van der Waals surface area (Å²) in [5.41, 5.74) is 0.920. The van der Waals surface area contributed by atoms with Gasteiger partial charge in [0.05, 0.1) is 6.04 Å². The molecule has 1 aliphatic heterocycles. The Bertz CT molecular complexity index is 998. The van der Waals surface area contributed by atoms with Gasteiger partial charge in [0.15, 0.2) is 5.17 Å². The molecule has 5 nitrogen and oxygen atoms in total. The molecule has 186 valence electrons. The van der Waals surface area contributed by atoms with Crippen LogP contribution in [0.4, 0.5) is 5.69 Å². The topological polar surface area (TPSA) is 45.1 Å². The minimum atomic E-state index is 0.00355. The van der Waals surface area contributed by atoms with Crippen LogP contribution < -0.4 is 9.64 Å². The summed E-state index contributed by atoms with van der Waals surface area (Å²) in [7, 11) is 0. The van der Waals surface area contributed by atoms with Crippen molar-refractivity contribution < 1.29 is 9.53 Å². The highest BCUT2D eigenvalue weighted by atomic mass is 32.2. The standard InChI is InChI=1S/C29H37N3O2S/c1-22(33)31(25-17-19-27(20-18-25)34-26-15-9-4-10-16-26)28-21-35-29(30-23-11-5-2-6-12-23)32(28)24-13-7-3-8-14-24/h4,9-10,15-20,23-24,28H,2-3,5-8,11-14,21H2,1H3. The van der Waals surface area contributed by atoms with Gasteiger partial charge in [0.2, 0.25) is 5.91 Å². The minimum Gasteiger partial charge on any atom is -0.457 e. The van der Waals surface area contributed by atoms with Gasteiger partial charge in [-0.2, -0.15) is 0 Å². The van der Waals surface area contributed by atoms with Crippen molar-refractivity contribution in [3.8, 4) is 11.5 Å². The lowest BCUT2D eigenvalue weighted by atomic mass is 9.94. The van der Waals surface area contributed by atoms with Crippen LogP contribution in [0.5, 0.6) is 11.5 Å². The number of amides is 1. The molecule has 1 heterocycles. The Morgan fingerprint density at radius 2 is 1.51 bits per heavy atom. The highest BCUT2D eigenvalue weighted by molar-refractivity contribution is 8.14. The van der Waals surface area contributed by atoms with Crippen LogP contribution in [0.3, 0.4) is 0 Å². The van der Waals surface area contributed by atoms with Crippen LogP contribution in [0.15, 0.2) is 59.6 Å². The lowest BCUT2D eigenvalue weighted by Crippen LogP contribution is -2.54. The first-order chi connectivity index (χ1) is 17.2. The Kier molecular flexibility index (Phi) is 7.97. The molecule has 2 saturated carbocycles. The zero-order chi connectivity index (χ0) is 24.0. The lowest BCUT2D eigenvalue weighted by Gasteiger charge is -2.41. The first-order valence-electron chi connectivity index (χ1n) is 13.3. The summed E-state index contributed by atoms with van der Waals surface area (Å²) in [5, 5.41) is 1.17. The molecular formula is C29H37N3O2S. The number of hydrogen-bond acceptors (Lipinski definition) is 4. The second-order valence-corrected chi connectivity index (χ2v) is 11.0. The minimum absolute atomic E-state index is 0.00355. The zero-order valence-electron chi connectivity index (χ0n) is 20.8. The van der Waals surface area contributed by atoms with E-state index >= 15 is 0 Å². The molecule has 1 atom stereocenters. The predicted octanol–water partition coefficient (Wildman–Crippen LogP) is 7.23. The highest BCUT2D eigenvalue weighted by Crippen LogP contribution is 2.37. The van der Waals surface area contributed by atoms with Crippen molar-refractivity contribution in [3.63, 3.8) is 0 Å². The van der Waals surface area contributed by atoms with E-state index < -0.39 is 0 Å². The van der Waals surface area contributed by atoms with Gasteiger partial charge in [-0.15, -0.1) is 0 Å². The number of carbonyl (C=O) groups excluding carboxylic acids is 1. The summed E-state index contributed by atoms with van der Waals surface area (Å²) in [6.07, 6.45) is 12.5. The Balaban J connectivity index is 1.40. The first-order valence-corrected chi connectivity index (χ1v) is 14.3. The zero-order valence-corrected chi connectivity index (χ0v) is 21.6. The van der Waals surface area contributed by atoms with Gasteiger partial charge >= 0.3 is 0 Å². The van der Waals surface area contributed by atoms with E-state index in [-0.39, 0.29) is 12.1 Å². The summed E-state index contributed by atoms with van der Waals surface area (Å²) in [5.74, 6) is 2.52. The average Bonchev–Trinajstić information content (AvgIpc) is 3.29. The van der Waals surface area contributed by atoms with E-state index in [9.17, 15) is 4.79 Å². The third kappa shape index (κ3) is 5.85. The van der Waals surface area contributed by atoms with Gasteiger partial charge in [0.1, 0.15) is 17.7 Å². The maximum Gasteiger partial charge on any atom is 0.225 e. The molecule has 0 spiro atoms. The summed E-state index contributed by atoms with van der Waals surface area (Å²) in [6.45, 7) is 1.69. The van der Waals surface area contributed by atoms with Gasteiger partial charge in [-0.3, -0.25) is 14.7 Å². The molecule has 0 aromatic heterocycles. The van der Waals surface area contributed by atoms with Gasteiger partial charge in [-0.1, -0.05) is 68.5 Å². The fourth-order valence-electron chi connectivity index (χ4n) is 5.72. The van der Waals surface area contributed by atoms with Crippen LogP contribution in [-0.2, 0) is 4.79 Å². The van der Waals surface area contributed by atoms with Gasteiger partial charge in [-0.25, -0.2) is 0 Å². The average molecular weight is 492 g/mol. The number of aliphatic imine (C=N–C) groups is 1. The van der Waals surface area contributed by atoms with Crippen LogP contribution in [0.2, 0.25) is 0 Å². The molecule has 0 bridgehead atoms. The third-order valence-electron chi connectivity index (χ3n) is 7.47. The third-order valence-corrected chi connectivity index (χ3v) is 8.51. The number of anilines is 1. The second kappa shape index (κ2) is 11.5. The SMILES string of the molecule is CC(=O)N(c1ccc(Oc2ccccc2)cc1)C1CSC(=NC2CCCCC2)N1C1CCCCC1. The Labute approximate surface area is 213 Å². The van der Waals surface area contributed by atoms with Crippen molar-refractivity contribution in [2.45, 2.75) is 89.4 Å². The van der Waals surface area contributed by atoms with Crippen LogP contribution in [0.25, 0.3) is 0 Å². The molecule has 1 amide bonds. The molecule has 3 fully saturated rings. The van der Waals surface area contributed by atoms with Crippen molar-refractivity contribution in [1.82, 2.24) is 4.90 Å². The Morgan fingerprint density at radius 3 is 2.17 bits per heavy atom. The molecule has 5 rings (SSSR count). The van der Waals surface area contributed by atoms with E-state index in [0.29, 0.717) is 12.1 Å². The van der Waals surface area contributed by atoms with Crippen molar-refractivity contribution in [2.24, 2.45) is 4.99 Å². The van der Waals surface area contributed by atoms with Crippen molar-refractivity contribution in [1.29, 1.82) is 0 Å². The number of para-hydroxylation sites is 1. The van der Waals surface area contributed by atoms with Crippen LogP contribution in [0.1, 0.15) is 71.1 Å². The van der Waals surface area contributed by atoms with E-state index in [1.54, 1.807) is 6.92 Å². The molecule has 0 radical (unpaired) electrons. The molecule has 0 N–H and O–H groups in total. The number of nitrogens with zero attached hydrogens (tertiary/aromatic N) is 3. The Morgan fingerprint density at radius 1 is 0.886 bits per heavy atom. The second-order valence-electron chi connectivity index (χ2n) is 9.99. The lowest BCUT2D eigenvalue weighted by molar-refractivity contribution is -0.117. The van der Waals surface area contributed by atoms with Crippen molar-refractivity contribution in [3.05, 3.63) is 54.6 Å². The monoisotopic (exact) mass is 491 g/mol. The summed E-state index contributed by atoms with van der Waals surface area (Å²) in [4.78, 5) is 22.8. The quantitative estimate of drug-likeness (QED) is 0.428. The number of rotatable bonds is 6. The van der Waals surface area contributed by atoms with Crippen LogP contribution in [0, 0.1) is 0 Å². The molecule has 35 heavy (non-hydrogen) atoms. The Hall–Kier alpha value is -2.47. The maximum atomic E-state index is 13.1. The summed E-state index contributed by atoms with van der Waals surface area (Å²) < 4.78 is 5.98. The predicted molar refractivity (Wildman–Crippen MR) is 145 cm³/mol. The number of ether oxygens (including phenoxy) is 1. The van der Waals surface area contributed by atoms with Crippen molar-refractivity contribution >= 4 is 28.5 Å². The number of hydrogen-bond donors (Lipinski definition) is 0. The van der Waals surface area contributed by atoms with E-state index in [1.165, 1.54) is 69.4 Å². The summed E-state index contributed by atoms with van der Waals surface area (Å²) >= 11 is 1.85. The summed E-state index contributed by atoms with van der Waals surface area (Å²) in [6, 6.07) is 18.6. The van der Waals surface area contributed by atoms with E-state index in [0.717, 1.165) is 22.9 Å². The number of thioether (sulfide) groups is 1. The largest absolute Gasteiger partial charge is 0.457 e. The maximum absolute atomic E-state index is 13.1. The molecule has 6 heteroatoms. The molecule has 1 saturated heterocycles.